The average molecular weight is 715 g/mol. The molecule has 0 saturated heterocycles. The largest absolute Gasteiger partial charge is 0.0499 e. The first-order chi connectivity index (χ1) is 27.7. The molecule has 0 aromatic carbocycles. The zero-order chi connectivity index (χ0) is 31.8. The average Bonchev–Trinajstić information content (AvgIpc) is 3.11. The van der Waals surface area contributed by atoms with Crippen LogP contribution in [0.25, 0.3) is 0 Å². The Balaban J connectivity index is 0.851. The Labute approximate surface area is 323 Å². The highest BCUT2D eigenvalue weighted by Gasteiger charge is 3.70. The van der Waals surface area contributed by atoms with Crippen LogP contribution in [0, 0.1) is 254 Å². The molecule has 0 aliphatic heterocycles. The van der Waals surface area contributed by atoms with E-state index >= 15 is 0 Å². The van der Waals surface area contributed by atoms with Crippen molar-refractivity contribution in [2.45, 2.75) is 70.6 Å². The molecule has 0 aromatic heterocycles. The van der Waals surface area contributed by atoms with Crippen LogP contribution in [0.15, 0.2) is 0 Å². The molecule has 266 valence electrons. The Morgan fingerprint density at radius 3 is 1.20 bits per heavy atom. The van der Waals surface area contributed by atoms with E-state index in [2.05, 4.69) is 0 Å². The maximum absolute atomic E-state index is 1.99. The Hall–Kier alpha value is 0. The highest BCUT2D eigenvalue weighted by molar-refractivity contribution is 6.14. The molecule has 38 atom stereocenters. The van der Waals surface area contributed by atoms with Gasteiger partial charge in [-0.25, -0.2) is 0 Å². The van der Waals surface area contributed by atoms with E-state index in [1.807, 2.05) is 57.8 Å². The molecule has 56 heavy (non-hydrogen) atoms. The van der Waals surface area contributed by atoms with Crippen molar-refractivity contribution in [3.63, 3.8) is 0 Å². The van der Waals surface area contributed by atoms with Crippen LogP contribution in [0.1, 0.15) is 70.6 Å². The molecule has 36 saturated carbocycles. The van der Waals surface area contributed by atoms with Crippen molar-refractivity contribution < 1.29 is 0 Å². The normalized spacial score (nSPS) is 129. The zero-order valence-electron chi connectivity index (χ0n) is 31.8. The summed E-state index contributed by atoms with van der Waals surface area (Å²) < 4.78 is 0. The van der Waals surface area contributed by atoms with Gasteiger partial charge in [0.05, 0.1) is 0 Å². The standard InChI is InChI=1S/C56H42/c1-3-17-23-29-25-19-5-21-27-31-28-22-6-20-26-30-24-18-4-2-13-8-33(18)35-10-15(13)16-11-36(35)34-9-14(16)12(1)7-32(17,34)39(23)45(29)41(25)37(19,21)43(27)47(31)44(28)38(20,22)42(26)46(30)40(24,33)49(35)50(36)48(34,39)53(45)51(41,43)55(47)52(42,44)54(46,49)56(50,53)55/h12-31H,1-11H2. The summed E-state index contributed by atoms with van der Waals surface area (Å²) in [4.78, 5) is 0. The van der Waals surface area contributed by atoms with Gasteiger partial charge in [0.15, 0.2) is 0 Å². The van der Waals surface area contributed by atoms with Crippen molar-refractivity contribution in [3.8, 4) is 0 Å². The molecule has 0 amide bonds. The summed E-state index contributed by atoms with van der Waals surface area (Å²) in [7, 11) is 0. The second kappa shape index (κ2) is 3.28. The lowest BCUT2D eigenvalue weighted by molar-refractivity contribution is -1.24. The van der Waals surface area contributed by atoms with Crippen molar-refractivity contribution in [3.05, 3.63) is 0 Å². The van der Waals surface area contributed by atoms with Gasteiger partial charge in [-0.15, -0.1) is 0 Å². The summed E-state index contributed by atoms with van der Waals surface area (Å²) >= 11 is 0. The van der Waals surface area contributed by atoms with E-state index in [0.717, 1.165) is 135 Å². The lowest BCUT2D eigenvalue weighted by Gasteiger charge is -3.68. The third kappa shape index (κ3) is 0.489. The molecule has 36 rings (SSSR count). The van der Waals surface area contributed by atoms with Crippen molar-refractivity contribution in [1.82, 2.24) is 0 Å². The van der Waals surface area contributed by atoms with Crippen molar-refractivity contribution in [1.29, 1.82) is 0 Å². The molecule has 0 N–H and O–H groups in total. The molecular formula is C56H42. The van der Waals surface area contributed by atoms with Crippen LogP contribution in [0.4, 0.5) is 0 Å². The first-order valence-corrected chi connectivity index (χ1v) is 27.7. The van der Waals surface area contributed by atoms with E-state index in [1.165, 1.54) is 118 Å². The van der Waals surface area contributed by atoms with Crippen molar-refractivity contribution in [2.24, 2.45) is 254 Å². The molecule has 38 unspecified atom stereocenters. The Morgan fingerprint density at radius 1 is 0.268 bits per heavy atom. The smallest absolute Gasteiger partial charge is 0.0000616 e. The lowest BCUT2D eigenvalue weighted by atomic mass is 8.34. The van der Waals surface area contributed by atoms with Gasteiger partial charge in [-0.1, -0.05) is 0 Å². The van der Waals surface area contributed by atoms with Crippen LogP contribution in [-0.4, -0.2) is 0 Å². The van der Waals surface area contributed by atoms with E-state index in [4.69, 9.17) is 0 Å². The molecule has 25 spiro atoms. The van der Waals surface area contributed by atoms with Crippen LogP contribution in [0.5, 0.6) is 0 Å². The molecule has 36 fully saturated rings. The maximum Gasteiger partial charge on any atom is -0.0000616 e. The Kier molecular flexibility index (Phi) is 1.20. The molecule has 0 aromatic rings. The third-order valence-electron chi connectivity index (χ3n) is 45.6. The fraction of sp³-hybridized carbons (Fsp3) is 1.00. The predicted molar refractivity (Wildman–Crippen MR) is 181 cm³/mol. The monoisotopic (exact) mass is 714 g/mol. The third-order valence-corrected chi connectivity index (χ3v) is 45.6. The minimum atomic E-state index is 0.990. The molecule has 0 radical (unpaired) electrons. The summed E-state index contributed by atoms with van der Waals surface area (Å²) in [6, 6.07) is 0. The molecule has 0 heterocycles. The second-order valence-electron chi connectivity index (χ2n) is 34.9. The van der Waals surface area contributed by atoms with Crippen LogP contribution in [0.2, 0.25) is 0 Å². The topological polar surface area (TPSA) is 0 Å². The van der Waals surface area contributed by atoms with Crippen LogP contribution >= 0.6 is 0 Å². The minimum absolute atomic E-state index is 0.990. The molecule has 10 bridgehead atoms. The van der Waals surface area contributed by atoms with Gasteiger partial charge in [0.25, 0.3) is 0 Å². The van der Waals surface area contributed by atoms with Gasteiger partial charge < -0.3 is 0 Å². The van der Waals surface area contributed by atoms with E-state index < -0.39 is 0 Å². The molecule has 0 nitrogen and oxygen atoms in total. The molecule has 0 heteroatoms. The number of hydrogen-bond donors (Lipinski definition) is 0. The fourth-order valence-corrected chi connectivity index (χ4v) is 57.2. The first-order valence-electron chi connectivity index (χ1n) is 27.7. The number of rotatable bonds is 0. The Bertz CT molecular complexity index is 3120. The van der Waals surface area contributed by atoms with Crippen LogP contribution in [0.3, 0.4) is 0 Å². The van der Waals surface area contributed by atoms with E-state index in [-0.39, 0.29) is 0 Å². The first kappa shape index (κ1) is 20.5. The van der Waals surface area contributed by atoms with Crippen LogP contribution in [-0.2, 0) is 0 Å². The van der Waals surface area contributed by atoms with Crippen molar-refractivity contribution >= 4 is 0 Å². The molecular weight excluding hydrogens is 673 g/mol. The van der Waals surface area contributed by atoms with Gasteiger partial charge >= 0.3 is 0 Å². The highest BCUT2D eigenvalue weighted by atomic mass is 15.7. The summed E-state index contributed by atoms with van der Waals surface area (Å²) in [6.45, 7) is 0. The summed E-state index contributed by atoms with van der Waals surface area (Å²) in [5, 5.41) is 0. The summed E-state index contributed by atoms with van der Waals surface area (Å²) in [5.41, 5.74) is 26.9. The minimum Gasteiger partial charge on any atom is -0.0499 e. The van der Waals surface area contributed by atoms with Gasteiger partial charge in [-0.2, -0.15) is 0 Å². The van der Waals surface area contributed by atoms with E-state index in [0.29, 0.717) is 0 Å². The lowest BCUT2D eigenvalue weighted by Crippen LogP contribution is -3.67. The summed E-state index contributed by atoms with van der Waals surface area (Å²) in [5.74, 6) is 26.9. The number of hydrogen-bond acceptors (Lipinski definition) is 0. The molecule has 36 aliphatic carbocycles. The quantitative estimate of drug-likeness (QED) is 0.261. The second-order valence-corrected chi connectivity index (χ2v) is 34.9. The van der Waals surface area contributed by atoms with Gasteiger partial charge in [0.1, 0.15) is 0 Å². The summed E-state index contributed by atoms with van der Waals surface area (Å²) in [6.07, 6.45) is 20.7. The number of fused-ring (bicyclic) bond motifs is 21. The van der Waals surface area contributed by atoms with E-state index in [9.17, 15) is 0 Å². The zero-order valence-corrected chi connectivity index (χ0v) is 31.8. The molecule has 36 aliphatic rings. The van der Waals surface area contributed by atoms with Gasteiger partial charge in [-0.3, -0.25) is 0 Å². The van der Waals surface area contributed by atoms with Crippen molar-refractivity contribution in [2.75, 3.05) is 0 Å². The van der Waals surface area contributed by atoms with Gasteiger partial charge in [0.2, 0.25) is 0 Å². The fourth-order valence-electron chi connectivity index (χ4n) is 57.2. The predicted octanol–water partition coefficient (Wildman–Crippen LogP) is 6.75. The highest BCUT2D eigenvalue weighted by Crippen LogP contribution is 3.71. The Morgan fingerprint density at radius 2 is 0.696 bits per heavy atom. The van der Waals surface area contributed by atoms with Crippen LogP contribution < -0.4 is 0 Å². The maximum atomic E-state index is 1.99. The van der Waals surface area contributed by atoms with Gasteiger partial charge in [-0.05, 0) is 324 Å². The SMILES string of the molecule is C1CC2C3C4C5C6CC7C8C9C%10C%11CC%12C%13C%14C%15C%16CCC%17CC%16%18C%16%19CC%17C%17CC%16%20C%16%21CC%17C1CC2%16C31C42C53C67C84C95C%106C%12%11C%137C%148C%15%18C%199C%20%10C%211C21C34C52C76C89C%1012. The van der Waals surface area contributed by atoms with Gasteiger partial charge in [0, 0.05) is 0 Å². The van der Waals surface area contributed by atoms with E-state index in [1.54, 1.807) is 12.8 Å².